The van der Waals surface area contributed by atoms with Crippen molar-refractivity contribution in [2.75, 3.05) is 12.8 Å². The second-order valence-corrected chi connectivity index (χ2v) is 7.68. The summed E-state index contributed by atoms with van der Waals surface area (Å²) in [7, 11) is 0. The van der Waals surface area contributed by atoms with E-state index in [1.54, 1.807) is 18.7 Å². The van der Waals surface area contributed by atoms with E-state index in [2.05, 4.69) is 41.3 Å². The van der Waals surface area contributed by atoms with Crippen molar-refractivity contribution in [1.82, 2.24) is 5.32 Å². The van der Waals surface area contributed by atoms with Gasteiger partial charge in [-0.2, -0.15) is 11.8 Å². The number of carbonyl (C=O) groups is 1. The third-order valence-corrected chi connectivity index (χ3v) is 6.32. The molecule has 0 heterocycles. The van der Waals surface area contributed by atoms with Crippen molar-refractivity contribution in [2.24, 2.45) is 5.73 Å². The molecule has 118 valence electrons. The number of rotatable bonds is 7. The van der Waals surface area contributed by atoms with Crippen LogP contribution in [-0.2, 0) is 10.3 Å². The number of amides is 1. The third kappa shape index (κ3) is 4.47. The zero-order chi connectivity index (χ0) is 16.1. The minimum atomic E-state index is -1.02. The minimum absolute atomic E-state index is 0.0887. The van der Waals surface area contributed by atoms with Gasteiger partial charge in [0.1, 0.15) is 5.54 Å². The summed E-state index contributed by atoms with van der Waals surface area (Å²) in [5, 5.41) is 3.03. The lowest BCUT2D eigenvalue weighted by atomic mass is 9.92. The standard InChI is InChI=1S/C16H25BrN2OS/c1-5-16(6-2,21-4)11-19-14(20)15(3,18)12-7-9-13(17)10-8-12/h7-10H,5-6,11,18H2,1-4H3,(H,19,20). The highest BCUT2D eigenvalue weighted by Crippen LogP contribution is 2.30. The number of carbonyl (C=O) groups excluding carboxylic acids is 1. The van der Waals surface area contributed by atoms with Crippen LogP contribution in [0.15, 0.2) is 28.7 Å². The van der Waals surface area contributed by atoms with Gasteiger partial charge in [0.15, 0.2) is 0 Å². The van der Waals surface area contributed by atoms with E-state index >= 15 is 0 Å². The largest absolute Gasteiger partial charge is 0.353 e. The van der Waals surface area contributed by atoms with Crippen LogP contribution >= 0.6 is 27.7 Å². The van der Waals surface area contributed by atoms with Crippen molar-refractivity contribution in [3.8, 4) is 0 Å². The van der Waals surface area contributed by atoms with Gasteiger partial charge in [-0.05, 0) is 43.7 Å². The van der Waals surface area contributed by atoms with Crippen molar-refractivity contribution in [3.63, 3.8) is 0 Å². The second kappa shape index (κ2) is 7.65. The summed E-state index contributed by atoms with van der Waals surface area (Å²) in [6, 6.07) is 7.56. The number of halogens is 1. The molecular weight excluding hydrogens is 348 g/mol. The van der Waals surface area contributed by atoms with Crippen LogP contribution in [0.3, 0.4) is 0 Å². The summed E-state index contributed by atoms with van der Waals surface area (Å²) in [6.07, 6.45) is 4.13. The lowest BCUT2D eigenvalue weighted by molar-refractivity contribution is -0.126. The number of nitrogens with one attached hydrogen (secondary N) is 1. The molecule has 0 aromatic heterocycles. The maximum absolute atomic E-state index is 12.5. The molecule has 3 N–H and O–H groups in total. The Morgan fingerprint density at radius 3 is 2.24 bits per heavy atom. The Kier molecular flexibility index (Phi) is 6.75. The Bertz CT molecular complexity index is 461. The lowest BCUT2D eigenvalue weighted by Crippen LogP contribution is -2.52. The Hall–Kier alpha value is -0.520. The fourth-order valence-electron chi connectivity index (χ4n) is 2.21. The summed E-state index contributed by atoms with van der Waals surface area (Å²) in [4.78, 5) is 12.5. The van der Waals surface area contributed by atoms with E-state index < -0.39 is 5.54 Å². The minimum Gasteiger partial charge on any atom is -0.353 e. The molecule has 1 aromatic rings. The number of hydrogen-bond acceptors (Lipinski definition) is 3. The van der Waals surface area contributed by atoms with Gasteiger partial charge in [0.2, 0.25) is 5.91 Å². The smallest absolute Gasteiger partial charge is 0.244 e. The topological polar surface area (TPSA) is 55.1 Å². The zero-order valence-corrected chi connectivity index (χ0v) is 15.6. The Labute approximate surface area is 140 Å². The van der Waals surface area contributed by atoms with Crippen LogP contribution in [0.5, 0.6) is 0 Å². The van der Waals surface area contributed by atoms with Crippen LogP contribution in [0.25, 0.3) is 0 Å². The van der Waals surface area contributed by atoms with Gasteiger partial charge >= 0.3 is 0 Å². The quantitative estimate of drug-likeness (QED) is 0.767. The molecule has 0 saturated carbocycles. The van der Waals surface area contributed by atoms with Gasteiger partial charge in [-0.15, -0.1) is 0 Å². The molecule has 0 aliphatic heterocycles. The first-order valence-corrected chi connectivity index (χ1v) is 9.21. The van der Waals surface area contributed by atoms with Crippen LogP contribution in [0.4, 0.5) is 0 Å². The van der Waals surface area contributed by atoms with Gasteiger partial charge in [-0.3, -0.25) is 4.79 Å². The molecule has 0 aliphatic rings. The molecule has 0 saturated heterocycles. The average Bonchev–Trinajstić information content (AvgIpc) is 2.49. The van der Waals surface area contributed by atoms with Crippen molar-refractivity contribution in [2.45, 2.75) is 43.9 Å². The summed E-state index contributed by atoms with van der Waals surface area (Å²) in [5.74, 6) is -0.134. The Balaban J connectivity index is 2.80. The fourth-order valence-corrected chi connectivity index (χ4v) is 3.27. The van der Waals surface area contributed by atoms with Gasteiger partial charge in [0, 0.05) is 15.8 Å². The first kappa shape index (κ1) is 18.5. The molecule has 3 nitrogen and oxygen atoms in total. The normalized spacial score (nSPS) is 14.6. The molecule has 0 radical (unpaired) electrons. The predicted molar refractivity (Wildman–Crippen MR) is 95.5 cm³/mol. The molecule has 0 spiro atoms. The van der Waals surface area contributed by atoms with Crippen molar-refractivity contribution in [1.29, 1.82) is 0 Å². The monoisotopic (exact) mass is 372 g/mol. The maximum atomic E-state index is 12.5. The van der Waals surface area contributed by atoms with Gasteiger partial charge in [-0.25, -0.2) is 0 Å². The Morgan fingerprint density at radius 2 is 1.81 bits per heavy atom. The van der Waals surface area contributed by atoms with E-state index in [0.717, 1.165) is 22.9 Å². The maximum Gasteiger partial charge on any atom is 0.244 e. The third-order valence-electron chi connectivity index (χ3n) is 4.21. The molecular formula is C16H25BrN2OS. The number of hydrogen-bond donors (Lipinski definition) is 2. The predicted octanol–water partition coefficient (Wildman–Crippen LogP) is 3.66. The van der Waals surface area contributed by atoms with Gasteiger partial charge in [0.25, 0.3) is 0 Å². The van der Waals surface area contributed by atoms with E-state index in [1.807, 2.05) is 24.3 Å². The first-order chi connectivity index (χ1) is 9.81. The molecule has 1 amide bonds. The number of benzene rings is 1. The summed E-state index contributed by atoms with van der Waals surface area (Å²) in [5.41, 5.74) is 6.04. The highest BCUT2D eigenvalue weighted by molar-refractivity contribution is 9.10. The van der Waals surface area contributed by atoms with Crippen molar-refractivity contribution < 1.29 is 4.79 Å². The summed E-state index contributed by atoms with van der Waals surface area (Å²) < 4.78 is 1.06. The molecule has 1 rings (SSSR count). The van der Waals surface area contributed by atoms with Crippen LogP contribution in [0.1, 0.15) is 39.2 Å². The molecule has 1 unspecified atom stereocenters. The number of thioether (sulfide) groups is 1. The van der Waals surface area contributed by atoms with Crippen molar-refractivity contribution >= 4 is 33.6 Å². The van der Waals surface area contributed by atoms with E-state index in [9.17, 15) is 4.79 Å². The number of nitrogens with two attached hydrogens (primary N) is 1. The molecule has 1 atom stereocenters. The van der Waals surface area contributed by atoms with Gasteiger partial charge in [-0.1, -0.05) is 41.9 Å². The van der Waals surface area contributed by atoms with Crippen LogP contribution in [-0.4, -0.2) is 23.5 Å². The van der Waals surface area contributed by atoms with Crippen molar-refractivity contribution in [3.05, 3.63) is 34.3 Å². The molecule has 21 heavy (non-hydrogen) atoms. The van der Waals surface area contributed by atoms with E-state index in [0.29, 0.717) is 6.54 Å². The molecule has 0 aliphatic carbocycles. The SMILES string of the molecule is CCC(CC)(CNC(=O)C(C)(N)c1ccc(Br)cc1)SC. The summed E-state index contributed by atoms with van der Waals surface area (Å²) >= 11 is 5.20. The van der Waals surface area contributed by atoms with Gasteiger partial charge < -0.3 is 11.1 Å². The van der Waals surface area contributed by atoms with Crippen LogP contribution < -0.4 is 11.1 Å². The van der Waals surface area contributed by atoms with Crippen LogP contribution in [0, 0.1) is 0 Å². The highest BCUT2D eigenvalue weighted by atomic mass is 79.9. The molecule has 5 heteroatoms. The van der Waals surface area contributed by atoms with E-state index in [1.165, 1.54) is 0 Å². The molecule has 0 bridgehead atoms. The molecule has 1 aromatic carbocycles. The van der Waals surface area contributed by atoms with Gasteiger partial charge in [0.05, 0.1) is 0 Å². The zero-order valence-electron chi connectivity index (χ0n) is 13.2. The Morgan fingerprint density at radius 1 is 1.29 bits per heavy atom. The second-order valence-electron chi connectivity index (χ2n) is 5.49. The molecule has 0 fully saturated rings. The average molecular weight is 373 g/mol. The summed E-state index contributed by atoms with van der Waals surface area (Å²) in [6.45, 7) is 6.71. The highest BCUT2D eigenvalue weighted by Gasteiger charge is 2.33. The van der Waals surface area contributed by atoms with Crippen LogP contribution in [0.2, 0.25) is 0 Å². The lowest BCUT2D eigenvalue weighted by Gasteiger charge is -2.32. The van der Waals surface area contributed by atoms with E-state index in [4.69, 9.17) is 5.73 Å². The van der Waals surface area contributed by atoms with E-state index in [-0.39, 0.29) is 10.7 Å². The fraction of sp³-hybridized carbons (Fsp3) is 0.562. The first-order valence-electron chi connectivity index (χ1n) is 7.19.